The van der Waals surface area contributed by atoms with E-state index in [2.05, 4.69) is 31.9 Å². The van der Waals surface area contributed by atoms with E-state index >= 15 is 0 Å². The summed E-state index contributed by atoms with van der Waals surface area (Å²) in [4.78, 5) is 14.2. The molecule has 0 saturated heterocycles. The average Bonchev–Trinajstić information content (AvgIpc) is 3.28. The molecule has 1 aromatic carbocycles. The molecule has 8 nitrogen and oxygen atoms in total. The number of nitrogen functional groups attached to an aromatic ring is 1. The zero-order chi connectivity index (χ0) is 19.9. The maximum Gasteiger partial charge on any atom is 0.271 e. The van der Waals surface area contributed by atoms with Gasteiger partial charge >= 0.3 is 0 Å². The average molecular weight is 397 g/mol. The van der Waals surface area contributed by atoms with Gasteiger partial charge in [-0.25, -0.2) is 4.98 Å². The first kappa shape index (κ1) is 18.2. The fourth-order valence-corrected chi connectivity index (χ4v) is 3.17. The Morgan fingerprint density at radius 1 is 1.36 bits per heavy atom. The molecule has 0 fully saturated rings. The van der Waals surface area contributed by atoms with E-state index in [0.29, 0.717) is 16.7 Å². The van der Waals surface area contributed by atoms with Crippen LogP contribution in [0.5, 0.6) is 0 Å². The van der Waals surface area contributed by atoms with E-state index < -0.39 is 5.60 Å². The molecule has 3 N–H and O–H groups in total. The number of aryl methyl sites for hydroxylation is 1. The van der Waals surface area contributed by atoms with E-state index in [0.717, 1.165) is 29.8 Å². The van der Waals surface area contributed by atoms with Crippen LogP contribution in [0.3, 0.4) is 0 Å². The van der Waals surface area contributed by atoms with E-state index in [1.807, 2.05) is 23.1 Å². The summed E-state index contributed by atoms with van der Waals surface area (Å²) in [5.41, 5.74) is 6.99. The molecule has 28 heavy (non-hydrogen) atoms. The predicted octanol–water partition coefficient (Wildman–Crippen LogP) is 2.36. The van der Waals surface area contributed by atoms with Gasteiger partial charge in [0.05, 0.1) is 6.20 Å². The van der Waals surface area contributed by atoms with Gasteiger partial charge in [-0.3, -0.25) is 0 Å². The highest BCUT2D eigenvalue weighted by Gasteiger charge is 2.28. The van der Waals surface area contributed by atoms with E-state index in [1.54, 1.807) is 6.92 Å². The predicted molar refractivity (Wildman–Crippen MR) is 104 cm³/mol. The minimum Gasteiger partial charge on any atom is -0.370 e. The lowest BCUT2D eigenvalue weighted by atomic mass is 10.1. The van der Waals surface area contributed by atoms with Gasteiger partial charge in [-0.15, -0.1) is 0 Å². The van der Waals surface area contributed by atoms with Crippen molar-refractivity contribution in [3.05, 3.63) is 52.3 Å². The first-order chi connectivity index (χ1) is 13.3. The summed E-state index contributed by atoms with van der Waals surface area (Å²) in [5.74, 6) is 6.98. The molecule has 3 aromatic rings. The van der Waals surface area contributed by atoms with Gasteiger partial charge in [0.25, 0.3) is 5.89 Å². The van der Waals surface area contributed by atoms with Gasteiger partial charge < -0.3 is 20.3 Å². The Labute approximate surface area is 166 Å². The number of nitrogens with zero attached hydrogens (tertiary/aromatic N) is 5. The minimum atomic E-state index is -1.55. The molecular formula is C19H17ClN6O2. The van der Waals surface area contributed by atoms with Crippen molar-refractivity contribution in [2.45, 2.75) is 25.9 Å². The summed E-state index contributed by atoms with van der Waals surface area (Å²) >= 11 is 6.27. The van der Waals surface area contributed by atoms with Crippen LogP contribution in [-0.2, 0) is 12.0 Å². The Kier molecular flexibility index (Phi) is 4.41. The summed E-state index contributed by atoms with van der Waals surface area (Å²) in [5, 5.41) is 14.6. The second-order valence-corrected chi connectivity index (χ2v) is 7.02. The van der Waals surface area contributed by atoms with Crippen molar-refractivity contribution in [3.8, 4) is 11.8 Å². The van der Waals surface area contributed by atoms with Gasteiger partial charge in [0.1, 0.15) is 5.02 Å². The van der Waals surface area contributed by atoms with Crippen LogP contribution in [0.15, 0.2) is 28.9 Å². The molecule has 0 bridgehead atoms. The highest BCUT2D eigenvalue weighted by molar-refractivity contribution is 6.33. The number of fused-ring (bicyclic) bond motifs is 1. The topological polar surface area (TPSA) is 114 Å². The number of halogens is 1. The van der Waals surface area contributed by atoms with Crippen molar-refractivity contribution in [1.29, 1.82) is 0 Å². The molecule has 0 amide bonds. The monoisotopic (exact) mass is 396 g/mol. The standard InChI is InChI=1S/C19H17ClN6O2/c1-11-23-17(28-25-11)19(2,27)7-5-12-3-4-13-6-8-26(15(13)9-12)16-14(20)10-22-18(21)24-16/h3-4,9-10,27H,6,8H2,1-2H3,(H2,21,22,24)/t19-/m1/s1. The number of rotatable bonds is 2. The zero-order valence-electron chi connectivity index (χ0n) is 15.3. The fourth-order valence-electron chi connectivity index (χ4n) is 2.98. The second-order valence-electron chi connectivity index (χ2n) is 6.61. The Balaban J connectivity index is 1.67. The van der Waals surface area contributed by atoms with Crippen LogP contribution >= 0.6 is 11.6 Å². The summed E-state index contributed by atoms with van der Waals surface area (Å²) < 4.78 is 5.03. The lowest BCUT2D eigenvalue weighted by Gasteiger charge is -2.19. The van der Waals surface area contributed by atoms with Crippen LogP contribution in [0.2, 0.25) is 5.02 Å². The van der Waals surface area contributed by atoms with Gasteiger partial charge in [0.2, 0.25) is 11.5 Å². The number of anilines is 3. The first-order valence-electron chi connectivity index (χ1n) is 8.58. The molecule has 0 radical (unpaired) electrons. The molecule has 0 aliphatic carbocycles. The lowest BCUT2D eigenvalue weighted by molar-refractivity contribution is 0.0815. The highest BCUT2D eigenvalue weighted by Crippen LogP contribution is 2.37. The molecule has 1 aliphatic rings. The van der Waals surface area contributed by atoms with Crippen LogP contribution < -0.4 is 10.6 Å². The van der Waals surface area contributed by atoms with E-state index in [9.17, 15) is 5.11 Å². The third-order valence-electron chi connectivity index (χ3n) is 4.37. The number of hydrogen-bond acceptors (Lipinski definition) is 8. The number of aromatic nitrogens is 4. The van der Waals surface area contributed by atoms with Crippen LogP contribution in [0.1, 0.15) is 29.8 Å². The van der Waals surface area contributed by atoms with E-state index in [4.69, 9.17) is 21.9 Å². The SMILES string of the molecule is Cc1noc([C@](C)(O)C#Cc2ccc3c(c2)N(c2nc(N)ncc2Cl)CC3)n1. The largest absolute Gasteiger partial charge is 0.370 e. The van der Waals surface area contributed by atoms with Crippen molar-refractivity contribution in [2.24, 2.45) is 0 Å². The smallest absolute Gasteiger partial charge is 0.271 e. The molecule has 2 aromatic heterocycles. The van der Waals surface area contributed by atoms with Gasteiger partial charge in [-0.05, 0) is 38.0 Å². The van der Waals surface area contributed by atoms with Gasteiger partial charge in [0.15, 0.2) is 11.6 Å². The van der Waals surface area contributed by atoms with Gasteiger partial charge in [0, 0.05) is 17.8 Å². The molecule has 0 unspecified atom stereocenters. The number of benzene rings is 1. The maximum atomic E-state index is 10.5. The molecule has 1 atom stereocenters. The molecular weight excluding hydrogens is 380 g/mol. The van der Waals surface area contributed by atoms with Crippen molar-refractivity contribution < 1.29 is 9.63 Å². The summed E-state index contributed by atoms with van der Waals surface area (Å²) in [6.07, 6.45) is 2.34. The summed E-state index contributed by atoms with van der Waals surface area (Å²) in [7, 11) is 0. The molecule has 0 spiro atoms. The first-order valence-corrected chi connectivity index (χ1v) is 8.96. The van der Waals surface area contributed by atoms with Gasteiger partial charge in [-0.2, -0.15) is 9.97 Å². The number of hydrogen-bond donors (Lipinski definition) is 2. The number of aliphatic hydroxyl groups is 1. The van der Waals surface area contributed by atoms with Crippen LogP contribution in [-0.4, -0.2) is 31.8 Å². The lowest BCUT2D eigenvalue weighted by Crippen LogP contribution is -2.19. The van der Waals surface area contributed by atoms with Gasteiger partial charge in [-0.1, -0.05) is 34.7 Å². The van der Waals surface area contributed by atoms with E-state index in [-0.39, 0.29) is 11.8 Å². The molecule has 3 heterocycles. The van der Waals surface area contributed by atoms with E-state index in [1.165, 1.54) is 13.1 Å². The Bertz CT molecular complexity index is 1120. The van der Waals surface area contributed by atoms with Crippen LogP contribution in [0.25, 0.3) is 0 Å². The van der Waals surface area contributed by atoms with Crippen molar-refractivity contribution >= 4 is 29.1 Å². The van der Waals surface area contributed by atoms with Crippen LogP contribution in [0.4, 0.5) is 17.5 Å². The molecule has 1 aliphatic heterocycles. The normalized spacial score (nSPS) is 14.9. The molecule has 0 saturated carbocycles. The molecule has 9 heteroatoms. The third-order valence-corrected chi connectivity index (χ3v) is 4.64. The van der Waals surface area contributed by atoms with Crippen molar-refractivity contribution in [2.75, 3.05) is 17.2 Å². The third kappa shape index (κ3) is 3.38. The number of nitrogens with two attached hydrogens (primary N) is 1. The molecule has 142 valence electrons. The summed E-state index contributed by atoms with van der Waals surface area (Å²) in [6, 6.07) is 5.84. The fraction of sp³-hybridized carbons (Fsp3) is 0.263. The Hall–Kier alpha value is -3.15. The maximum absolute atomic E-state index is 10.5. The van der Waals surface area contributed by atoms with Crippen LogP contribution in [0, 0.1) is 18.8 Å². The Morgan fingerprint density at radius 2 is 2.18 bits per heavy atom. The highest BCUT2D eigenvalue weighted by atomic mass is 35.5. The minimum absolute atomic E-state index is 0.0588. The van der Waals surface area contributed by atoms with Crippen molar-refractivity contribution in [3.63, 3.8) is 0 Å². The van der Waals surface area contributed by atoms with Crippen molar-refractivity contribution in [1.82, 2.24) is 20.1 Å². The summed E-state index contributed by atoms with van der Waals surface area (Å²) in [6.45, 7) is 3.91. The quantitative estimate of drug-likeness (QED) is 0.634. The molecule has 4 rings (SSSR count). The zero-order valence-corrected chi connectivity index (χ0v) is 16.0. The Morgan fingerprint density at radius 3 is 2.93 bits per heavy atom. The second kappa shape index (κ2) is 6.78.